The van der Waals surface area contributed by atoms with Crippen LogP contribution < -0.4 is 5.32 Å². The van der Waals surface area contributed by atoms with Crippen LogP contribution in [0.4, 0.5) is 5.69 Å². The van der Waals surface area contributed by atoms with Crippen molar-refractivity contribution in [2.24, 2.45) is 0 Å². The molecule has 0 unspecified atom stereocenters. The van der Waals surface area contributed by atoms with Crippen LogP contribution in [0.2, 0.25) is 0 Å². The first-order valence-corrected chi connectivity index (χ1v) is 6.61. The van der Waals surface area contributed by atoms with Gasteiger partial charge in [0.1, 0.15) is 5.75 Å². The van der Waals surface area contributed by atoms with Crippen LogP contribution >= 0.6 is 0 Å². The van der Waals surface area contributed by atoms with Gasteiger partial charge in [-0.15, -0.1) is 0 Å². The third-order valence-corrected chi connectivity index (χ3v) is 3.50. The van der Waals surface area contributed by atoms with Crippen LogP contribution in [0.15, 0.2) is 36.4 Å². The van der Waals surface area contributed by atoms with Gasteiger partial charge in [0, 0.05) is 11.3 Å². The highest BCUT2D eigenvalue weighted by Gasteiger charge is 2.14. The van der Waals surface area contributed by atoms with E-state index in [-0.39, 0.29) is 23.0 Å². The van der Waals surface area contributed by atoms with Gasteiger partial charge in [0.2, 0.25) is 0 Å². The standard InChI is InChI=1S/C17H17NO3/c1-10-4-9-15(16(20)11(10)2)17(21)18-14-7-5-13(6-8-14)12(3)19/h4-9,20H,1-3H3,(H,18,21). The molecular weight excluding hydrogens is 266 g/mol. The fourth-order valence-electron chi connectivity index (χ4n) is 1.97. The molecule has 2 rings (SSSR count). The fourth-order valence-corrected chi connectivity index (χ4v) is 1.97. The van der Waals surface area contributed by atoms with Crippen molar-refractivity contribution < 1.29 is 14.7 Å². The lowest BCUT2D eigenvalue weighted by atomic mass is 10.0. The van der Waals surface area contributed by atoms with Crippen LogP contribution in [0.3, 0.4) is 0 Å². The molecule has 4 heteroatoms. The zero-order valence-corrected chi connectivity index (χ0v) is 12.2. The molecule has 0 spiro atoms. The first-order chi connectivity index (χ1) is 9.90. The molecule has 0 fully saturated rings. The second-order valence-electron chi connectivity index (χ2n) is 4.99. The van der Waals surface area contributed by atoms with Gasteiger partial charge in [-0.2, -0.15) is 0 Å². The number of phenols is 1. The molecule has 0 aliphatic carbocycles. The first-order valence-electron chi connectivity index (χ1n) is 6.61. The number of rotatable bonds is 3. The number of hydrogen-bond acceptors (Lipinski definition) is 3. The molecule has 2 aromatic carbocycles. The van der Waals surface area contributed by atoms with Crippen molar-refractivity contribution in [2.45, 2.75) is 20.8 Å². The van der Waals surface area contributed by atoms with E-state index in [9.17, 15) is 14.7 Å². The molecule has 108 valence electrons. The highest BCUT2D eigenvalue weighted by atomic mass is 16.3. The summed E-state index contributed by atoms with van der Waals surface area (Å²) in [5.41, 5.74) is 3.00. The molecule has 0 aliphatic heterocycles. The van der Waals surface area contributed by atoms with E-state index in [4.69, 9.17) is 0 Å². The summed E-state index contributed by atoms with van der Waals surface area (Å²) in [6, 6.07) is 10.0. The van der Waals surface area contributed by atoms with Gasteiger partial charge in [-0.25, -0.2) is 0 Å². The van der Waals surface area contributed by atoms with Gasteiger partial charge in [0.05, 0.1) is 5.56 Å². The average molecular weight is 283 g/mol. The Bertz CT molecular complexity index is 703. The number of aromatic hydroxyl groups is 1. The van der Waals surface area contributed by atoms with Crippen LogP contribution in [-0.2, 0) is 0 Å². The smallest absolute Gasteiger partial charge is 0.259 e. The Labute approximate surface area is 123 Å². The number of nitrogens with one attached hydrogen (secondary N) is 1. The summed E-state index contributed by atoms with van der Waals surface area (Å²) in [4.78, 5) is 23.4. The van der Waals surface area contributed by atoms with Crippen molar-refractivity contribution in [1.82, 2.24) is 0 Å². The largest absolute Gasteiger partial charge is 0.507 e. The minimum absolute atomic E-state index is 0.00661. The predicted molar refractivity (Wildman–Crippen MR) is 82.0 cm³/mol. The molecule has 0 saturated heterocycles. The monoisotopic (exact) mass is 283 g/mol. The fraction of sp³-hybridized carbons (Fsp3) is 0.176. The van der Waals surface area contributed by atoms with Crippen LogP contribution in [0.1, 0.15) is 38.8 Å². The van der Waals surface area contributed by atoms with E-state index in [0.29, 0.717) is 16.8 Å². The number of anilines is 1. The Morgan fingerprint density at radius 2 is 1.62 bits per heavy atom. The zero-order chi connectivity index (χ0) is 15.6. The molecule has 0 radical (unpaired) electrons. The average Bonchev–Trinajstić information content (AvgIpc) is 2.45. The Kier molecular flexibility index (Phi) is 4.08. The van der Waals surface area contributed by atoms with Crippen molar-refractivity contribution in [3.05, 3.63) is 58.7 Å². The number of hydrogen-bond donors (Lipinski definition) is 2. The molecule has 0 bridgehead atoms. The molecule has 0 saturated carbocycles. The van der Waals surface area contributed by atoms with Crippen molar-refractivity contribution >= 4 is 17.4 Å². The molecule has 0 atom stereocenters. The van der Waals surface area contributed by atoms with Crippen LogP contribution in [0.25, 0.3) is 0 Å². The normalized spacial score (nSPS) is 10.2. The van der Waals surface area contributed by atoms with E-state index >= 15 is 0 Å². The van der Waals surface area contributed by atoms with Gasteiger partial charge in [0.15, 0.2) is 5.78 Å². The van der Waals surface area contributed by atoms with Gasteiger partial charge in [-0.05, 0) is 62.2 Å². The summed E-state index contributed by atoms with van der Waals surface area (Å²) < 4.78 is 0. The molecule has 1 amide bonds. The highest BCUT2D eigenvalue weighted by molar-refractivity contribution is 6.06. The number of Topliss-reactive ketones (excluding diaryl/α,β-unsaturated/α-hetero) is 1. The van der Waals surface area contributed by atoms with Gasteiger partial charge in [-0.3, -0.25) is 9.59 Å². The molecule has 0 heterocycles. The minimum Gasteiger partial charge on any atom is -0.507 e. The number of benzene rings is 2. The second kappa shape index (κ2) is 5.79. The maximum absolute atomic E-state index is 12.2. The lowest BCUT2D eigenvalue weighted by Crippen LogP contribution is -2.12. The minimum atomic E-state index is -0.383. The molecule has 0 aliphatic rings. The van der Waals surface area contributed by atoms with Crippen molar-refractivity contribution in [2.75, 3.05) is 5.32 Å². The van der Waals surface area contributed by atoms with Crippen molar-refractivity contribution in [3.63, 3.8) is 0 Å². The number of ketones is 1. The van der Waals surface area contributed by atoms with E-state index in [1.165, 1.54) is 6.92 Å². The number of phenolic OH excluding ortho intramolecular Hbond substituents is 1. The van der Waals surface area contributed by atoms with Crippen LogP contribution in [-0.4, -0.2) is 16.8 Å². The Hall–Kier alpha value is -2.62. The maximum atomic E-state index is 12.2. The molecule has 4 nitrogen and oxygen atoms in total. The van der Waals surface area contributed by atoms with Crippen molar-refractivity contribution in [1.29, 1.82) is 0 Å². The summed E-state index contributed by atoms with van der Waals surface area (Å²) >= 11 is 0. The first kappa shape index (κ1) is 14.8. The predicted octanol–water partition coefficient (Wildman–Crippen LogP) is 3.46. The van der Waals surface area contributed by atoms with Crippen molar-refractivity contribution in [3.8, 4) is 5.75 Å². The van der Waals surface area contributed by atoms with Gasteiger partial charge in [-0.1, -0.05) is 6.07 Å². The highest BCUT2D eigenvalue weighted by Crippen LogP contribution is 2.25. The van der Waals surface area contributed by atoms with Crippen LogP contribution in [0, 0.1) is 13.8 Å². The molecule has 21 heavy (non-hydrogen) atoms. The van der Waals surface area contributed by atoms with E-state index in [1.807, 2.05) is 6.92 Å². The lowest BCUT2D eigenvalue weighted by molar-refractivity contribution is 0.101. The number of carbonyl (C=O) groups excluding carboxylic acids is 2. The summed E-state index contributed by atoms with van der Waals surface area (Å²) in [6.45, 7) is 5.13. The molecule has 0 aromatic heterocycles. The Morgan fingerprint density at radius 1 is 1.00 bits per heavy atom. The summed E-state index contributed by atoms with van der Waals surface area (Å²) in [5, 5.41) is 12.7. The third-order valence-electron chi connectivity index (χ3n) is 3.50. The van der Waals surface area contributed by atoms with E-state index in [2.05, 4.69) is 5.32 Å². The second-order valence-corrected chi connectivity index (χ2v) is 4.99. The Balaban J connectivity index is 2.22. The summed E-state index contributed by atoms with van der Waals surface area (Å²) in [6.07, 6.45) is 0. The SMILES string of the molecule is CC(=O)c1ccc(NC(=O)c2ccc(C)c(C)c2O)cc1. The quantitative estimate of drug-likeness (QED) is 0.848. The van der Waals surface area contributed by atoms with Gasteiger partial charge < -0.3 is 10.4 Å². The van der Waals surface area contributed by atoms with E-state index < -0.39 is 0 Å². The van der Waals surface area contributed by atoms with E-state index in [0.717, 1.165) is 5.56 Å². The Morgan fingerprint density at radius 3 is 2.19 bits per heavy atom. The maximum Gasteiger partial charge on any atom is 0.259 e. The molecule has 2 N–H and O–H groups in total. The summed E-state index contributed by atoms with van der Waals surface area (Å²) in [7, 11) is 0. The molecular formula is C17H17NO3. The summed E-state index contributed by atoms with van der Waals surface area (Å²) in [5.74, 6) is -0.418. The molecule has 2 aromatic rings. The lowest BCUT2D eigenvalue weighted by Gasteiger charge is -2.10. The van der Waals surface area contributed by atoms with Gasteiger partial charge >= 0.3 is 0 Å². The third kappa shape index (κ3) is 3.11. The zero-order valence-electron chi connectivity index (χ0n) is 12.2. The topological polar surface area (TPSA) is 66.4 Å². The number of aryl methyl sites for hydroxylation is 1. The number of amides is 1. The van der Waals surface area contributed by atoms with E-state index in [1.54, 1.807) is 43.3 Å². The van der Waals surface area contributed by atoms with Gasteiger partial charge in [0.25, 0.3) is 5.91 Å². The van der Waals surface area contributed by atoms with Crippen LogP contribution in [0.5, 0.6) is 5.75 Å². The number of carbonyl (C=O) groups is 2.